The topological polar surface area (TPSA) is 68.2 Å². The number of carbonyl (C=O) groups is 1. The van der Waals surface area contributed by atoms with E-state index in [1.807, 2.05) is 6.07 Å². The van der Waals surface area contributed by atoms with Crippen molar-refractivity contribution in [3.05, 3.63) is 47.4 Å². The first-order chi connectivity index (χ1) is 10.2. The molecule has 1 aliphatic heterocycles. The molecule has 110 valence electrons. The van der Waals surface area contributed by atoms with Gasteiger partial charge in [-0.1, -0.05) is 12.1 Å². The lowest BCUT2D eigenvalue weighted by molar-refractivity contribution is -0.127. The van der Waals surface area contributed by atoms with E-state index in [-0.39, 0.29) is 17.3 Å². The molecule has 0 spiro atoms. The number of amides is 1. The number of halogens is 1. The Bertz CT molecular complexity index is 556. The number of hydrogen-bond donors (Lipinski definition) is 2. The van der Waals surface area contributed by atoms with Gasteiger partial charge in [0.2, 0.25) is 0 Å². The third kappa shape index (κ3) is 4.29. The summed E-state index contributed by atoms with van der Waals surface area (Å²) in [5, 5.41) is 15.2. The standard InChI is InChI=1S/C15H17FN4O/c16-14-3-1-12(2-4-14)10-19-11-13(9-17)15(21)20-7-5-18-6-8-20/h1-4,11,18-19H,5-8,10H2/b13-11-. The van der Waals surface area contributed by atoms with Crippen LogP contribution in [0, 0.1) is 17.1 Å². The Morgan fingerprint density at radius 3 is 2.67 bits per heavy atom. The molecule has 0 aromatic heterocycles. The molecular weight excluding hydrogens is 271 g/mol. The number of nitrogens with zero attached hydrogens (tertiary/aromatic N) is 2. The van der Waals surface area contributed by atoms with E-state index in [0.717, 1.165) is 18.7 Å². The smallest absolute Gasteiger partial charge is 0.266 e. The number of nitriles is 1. The first-order valence-electron chi connectivity index (χ1n) is 6.79. The molecule has 0 aliphatic carbocycles. The minimum absolute atomic E-state index is 0.0824. The van der Waals surface area contributed by atoms with Crippen LogP contribution in [0.2, 0.25) is 0 Å². The minimum Gasteiger partial charge on any atom is -0.386 e. The lowest BCUT2D eigenvalue weighted by Crippen LogP contribution is -2.46. The van der Waals surface area contributed by atoms with Crippen molar-refractivity contribution in [3.63, 3.8) is 0 Å². The molecule has 0 unspecified atom stereocenters. The zero-order chi connectivity index (χ0) is 15.1. The molecule has 6 heteroatoms. The fourth-order valence-corrected chi connectivity index (χ4v) is 2.05. The van der Waals surface area contributed by atoms with E-state index in [1.54, 1.807) is 17.0 Å². The van der Waals surface area contributed by atoms with Crippen molar-refractivity contribution >= 4 is 5.91 Å². The number of rotatable bonds is 4. The molecule has 1 saturated heterocycles. The number of nitrogens with one attached hydrogen (secondary N) is 2. The Kier molecular flexibility index (Phi) is 5.29. The van der Waals surface area contributed by atoms with Gasteiger partial charge in [-0.2, -0.15) is 5.26 Å². The van der Waals surface area contributed by atoms with Crippen molar-refractivity contribution in [2.75, 3.05) is 26.2 Å². The van der Waals surface area contributed by atoms with Crippen molar-refractivity contribution in [1.82, 2.24) is 15.5 Å². The summed E-state index contributed by atoms with van der Waals surface area (Å²) in [5.74, 6) is -0.550. The van der Waals surface area contributed by atoms with Gasteiger partial charge in [-0.15, -0.1) is 0 Å². The van der Waals surface area contributed by atoms with Crippen molar-refractivity contribution in [3.8, 4) is 6.07 Å². The molecule has 5 nitrogen and oxygen atoms in total. The van der Waals surface area contributed by atoms with Crippen LogP contribution in [0.5, 0.6) is 0 Å². The molecule has 21 heavy (non-hydrogen) atoms. The van der Waals surface area contributed by atoms with E-state index in [4.69, 9.17) is 5.26 Å². The van der Waals surface area contributed by atoms with Gasteiger partial charge in [0.25, 0.3) is 5.91 Å². The zero-order valence-corrected chi connectivity index (χ0v) is 11.6. The molecule has 2 rings (SSSR count). The van der Waals surface area contributed by atoms with Gasteiger partial charge in [-0.05, 0) is 17.7 Å². The normalized spacial score (nSPS) is 15.4. The lowest BCUT2D eigenvalue weighted by atomic mass is 10.2. The Balaban J connectivity index is 1.92. The number of benzene rings is 1. The van der Waals surface area contributed by atoms with Crippen molar-refractivity contribution in [1.29, 1.82) is 5.26 Å². The van der Waals surface area contributed by atoms with E-state index < -0.39 is 0 Å². The molecule has 1 aromatic carbocycles. The van der Waals surface area contributed by atoms with Crippen LogP contribution in [-0.4, -0.2) is 37.0 Å². The first-order valence-corrected chi connectivity index (χ1v) is 6.79. The van der Waals surface area contributed by atoms with Gasteiger partial charge in [0.15, 0.2) is 0 Å². The molecular formula is C15H17FN4O. The third-order valence-electron chi connectivity index (χ3n) is 3.22. The second-order valence-corrected chi connectivity index (χ2v) is 4.72. The van der Waals surface area contributed by atoms with E-state index in [0.29, 0.717) is 19.6 Å². The average Bonchev–Trinajstić information content (AvgIpc) is 2.53. The zero-order valence-electron chi connectivity index (χ0n) is 11.6. The molecule has 1 aromatic rings. The van der Waals surface area contributed by atoms with Crippen LogP contribution in [0.1, 0.15) is 5.56 Å². The minimum atomic E-state index is -0.291. The summed E-state index contributed by atoms with van der Waals surface area (Å²) >= 11 is 0. The molecule has 0 saturated carbocycles. The van der Waals surface area contributed by atoms with Gasteiger partial charge in [-0.3, -0.25) is 4.79 Å². The van der Waals surface area contributed by atoms with Crippen LogP contribution >= 0.6 is 0 Å². The summed E-state index contributed by atoms with van der Waals surface area (Å²) in [6.45, 7) is 3.13. The van der Waals surface area contributed by atoms with Crippen LogP contribution < -0.4 is 10.6 Å². The summed E-state index contributed by atoms with van der Waals surface area (Å²) in [5.41, 5.74) is 0.957. The van der Waals surface area contributed by atoms with Crippen molar-refractivity contribution < 1.29 is 9.18 Å². The molecule has 1 aliphatic rings. The quantitative estimate of drug-likeness (QED) is 0.634. The SMILES string of the molecule is N#C/C(=C/NCc1ccc(F)cc1)C(=O)N1CCNCC1. The van der Waals surface area contributed by atoms with E-state index in [2.05, 4.69) is 10.6 Å². The highest BCUT2D eigenvalue weighted by atomic mass is 19.1. The third-order valence-corrected chi connectivity index (χ3v) is 3.22. The molecule has 1 heterocycles. The second kappa shape index (κ2) is 7.41. The Labute approximate surface area is 123 Å². The van der Waals surface area contributed by atoms with Gasteiger partial charge in [0.1, 0.15) is 17.5 Å². The van der Waals surface area contributed by atoms with Gasteiger partial charge < -0.3 is 15.5 Å². The monoisotopic (exact) mass is 288 g/mol. The highest BCUT2D eigenvalue weighted by molar-refractivity contribution is 5.97. The summed E-state index contributed by atoms with van der Waals surface area (Å²) in [7, 11) is 0. The fraction of sp³-hybridized carbons (Fsp3) is 0.333. The molecule has 1 amide bonds. The predicted octanol–water partition coefficient (Wildman–Crippen LogP) is 0.755. The van der Waals surface area contributed by atoms with Gasteiger partial charge >= 0.3 is 0 Å². The predicted molar refractivity (Wildman–Crippen MR) is 76.4 cm³/mol. The summed E-state index contributed by atoms with van der Waals surface area (Å²) in [4.78, 5) is 13.8. The van der Waals surface area contributed by atoms with Crippen LogP contribution in [0.25, 0.3) is 0 Å². The molecule has 1 fully saturated rings. The van der Waals surface area contributed by atoms with E-state index in [9.17, 15) is 9.18 Å². The summed E-state index contributed by atoms with van der Waals surface area (Å²) in [6.07, 6.45) is 1.42. The van der Waals surface area contributed by atoms with Crippen molar-refractivity contribution in [2.24, 2.45) is 0 Å². The van der Waals surface area contributed by atoms with Gasteiger partial charge in [0, 0.05) is 38.9 Å². The lowest BCUT2D eigenvalue weighted by Gasteiger charge is -2.27. The highest BCUT2D eigenvalue weighted by Crippen LogP contribution is 2.04. The molecule has 2 N–H and O–H groups in total. The molecule has 0 radical (unpaired) electrons. The van der Waals surface area contributed by atoms with Crippen LogP contribution in [0.15, 0.2) is 36.0 Å². The van der Waals surface area contributed by atoms with Crippen molar-refractivity contribution in [2.45, 2.75) is 6.54 Å². The maximum atomic E-state index is 12.8. The Hall–Kier alpha value is -2.39. The summed E-state index contributed by atoms with van der Waals surface area (Å²) < 4.78 is 12.8. The van der Waals surface area contributed by atoms with E-state index >= 15 is 0 Å². The van der Waals surface area contributed by atoms with Crippen LogP contribution in [0.4, 0.5) is 4.39 Å². The summed E-state index contributed by atoms with van der Waals surface area (Å²) in [6, 6.07) is 7.97. The first kappa shape index (κ1) is 15.0. The maximum Gasteiger partial charge on any atom is 0.266 e. The fourth-order valence-electron chi connectivity index (χ4n) is 2.05. The molecule has 0 atom stereocenters. The molecule has 0 bridgehead atoms. The van der Waals surface area contributed by atoms with Gasteiger partial charge in [0.05, 0.1) is 0 Å². The van der Waals surface area contributed by atoms with E-state index in [1.165, 1.54) is 18.3 Å². The Morgan fingerprint density at radius 1 is 1.38 bits per heavy atom. The second-order valence-electron chi connectivity index (χ2n) is 4.72. The average molecular weight is 288 g/mol. The number of carbonyl (C=O) groups excluding carboxylic acids is 1. The Morgan fingerprint density at radius 2 is 2.05 bits per heavy atom. The van der Waals surface area contributed by atoms with Gasteiger partial charge in [-0.25, -0.2) is 4.39 Å². The van der Waals surface area contributed by atoms with Crippen LogP contribution in [0.3, 0.4) is 0 Å². The van der Waals surface area contributed by atoms with Crippen LogP contribution in [-0.2, 0) is 11.3 Å². The highest BCUT2D eigenvalue weighted by Gasteiger charge is 2.19. The number of hydrogen-bond acceptors (Lipinski definition) is 4. The number of piperazine rings is 1. The largest absolute Gasteiger partial charge is 0.386 e. The maximum absolute atomic E-state index is 12.8.